The molecule has 2 rings (SSSR count). The molecule has 0 unspecified atom stereocenters. The van der Waals surface area contributed by atoms with Crippen molar-refractivity contribution in [1.29, 1.82) is 0 Å². The molecule has 0 spiro atoms. The number of primary amides is 1. The van der Waals surface area contributed by atoms with Crippen LogP contribution in [0.25, 0.3) is 0 Å². The average molecular weight is 372 g/mol. The number of halogens is 2. The van der Waals surface area contributed by atoms with Crippen molar-refractivity contribution in [2.75, 3.05) is 18.9 Å². The third kappa shape index (κ3) is 6.18. The molecule has 0 fully saturated rings. The molecule has 1 aliphatic carbocycles. The van der Waals surface area contributed by atoms with Gasteiger partial charge in [0.25, 0.3) is 5.91 Å². The summed E-state index contributed by atoms with van der Waals surface area (Å²) in [6.45, 7) is 0.120. The zero-order valence-corrected chi connectivity index (χ0v) is 14.5. The maximum Gasteiger partial charge on any atom is 0.255 e. The topological polar surface area (TPSA) is 64.4 Å². The summed E-state index contributed by atoms with van der Waals surface area (Å²) in [7, 11) is 0. The van der Waals surface area contributed by atoms with E-state index in [0.717, 1.165) is 12.8 Å². The van der Waals surface area contributed by atoms with Gasteiger partial charge in [0, 0.05) is 22.1 Å². The van der Waals surface area contributed by atoms with Gasteiger partial charge >= 0.3 is 0 Å². The lowest BCUT2D eigenvalue weighted by Crippen LogP contribution is -2.20. The Morgan fingerprint density at radius 1 is 1.29 bits per heavy atom. The highest BCUT2D eigenvalue weighted by atomic mass is 32.2. The second-order valence-corrected chi connectivity index (χ2v) is 7.03. The zero-order chi connectivity index (χ0) is 17.4. The van der Waals surface area contributed by atoms with Crippen molar-refractivity contribution < 1.29 is 18.3 Å². The van der Waals surface area contributed by atoms with E-state index in [-0.39, 0.29) is 0 Å². The van der Waals surface area contributed by atoms with Gasteiger partial charge in [-0.05, 0) is 36.9 Å². The fraction of sp³-hybridized carbons (Fsp3) is 0.312. The number of allylic oxidation sites excluding steroid dienone is 3. The number of nitrogens with two attached hydrogens (primary N) is 1. The fourth-order valence-corrected chi connectivity index (χ4v) is 3.59. The van der Waals surface area contributed by atoms with Gasteiger partial charge in [0.15, 0.2) is 24.0 Å². The number of nitrogens with one attached hydrogen (secondary N) is 1. The number of amides is 1. The monoisotopic (exact) mass is 372 g/mol. The van der Waals surface area contributed by atoms with E-state index in [9.17, 15) is 13.6 Å². The van der Waals surface area contributed by atoms with Gasteiger partial charge in [-0.1, -0.05) is 18.2 Å². The van der Waals surface area contributed by atoms with Crippen LogP contribution in [-0.4, -0.2) is 24.8 Å². The molecule has 8 heteroatoms. The first-order chi connectivity index (χ1) is 11.6. The van der Waals surface area contributed by atoms with Crippen LogP contribution in [0.4, 0.5) is 8.78 Å². The van der Waals surface area contributed by atoms with Gasteiger partial charge in [-0.3, -0.25) is 9.52 Å². The molecule has 4 nitrogen and oxygen atoms in total. The molecule has 1 amide bonds. The van der Waals surface area contributed by atoms with Gasteiger partial charge in [-0.25, -0.2) is 8.78 Å². The van der Waals surface area contributed by atoms with E-state index in [1.165, 1.54) is 28.8 Å². The molecule has 0 bridgehead atoms. The van der Waals surface area contributed by atoms with Gasteiger partial charge in [0.2, 0.25) is 0 Å². The second-order valence-electron chi connectivity index (χ2n) is 4.90. The van der Waals surface area contributed by atoms with Crippen molar-refractivity contribution in [3.05, 3.63) is 46.9 Å². The van der Waals surface area contributed by atoms with E-state index in [4.69, 9.17) is 10.5 Å². The Bertz CT molecular complexity index is 628. The largest absolute Gasteiger partial charge is 0.478 e. The third-order valence-corrected chi connectivity index (χ3v) is 4.82. The maximum absolute atomic E-state index is 13.8. The quantitative estimate of drug-likeness (QED) is 0.395. The number of carbonyl (C=O) groups excluding carboxylic acids is 1. The van der Waals surface area contributed by atoms with Crippen molar-refractivity contribution in [3.63, 3.8) is 0 Å². The van der Waals surface area contributed by atoms with E-state index in [1.807, 2.05) is 0 Å². The van der Waals surface area contributed by atoms with Gasteiger partial charge in [0.05, 0.1) is 0 Å². The van der Waals surface area contributed by atoms with Crippen LogP contribution in [-0.2, 0) is 4.79 Å². The summed E-state index contributed by atoms with van der Waals surface area (Å²) in [6.07, 6.45) is 8.50. The second kappa shape index (κ2) is 9.71. The Morgan fingerprint density at radius 2 is 2.04 bits per heavy atom. The molecule has 0 aliphatic heterocycles. The minimum Gasteiger partial charge on any atom is -0.478 e. The van der Waals surface area contributed by atoms with Gasteiger partial charge in [-0.15, -0.1) is 11.8 Å². The predicted molar refractivity (Wildman–Crippen MR) is 93.8 cm³/mol. The molecule has 1 aromatic carbocycles. The molecule has 0 aromatic heterocycles. The molecule has 1 aromatic rings. The minimum atomic E-state index is -0.849. The van der Waals surface area contributed by atoms with E-state index in [2.05, 4.69) is 23.0 Å². The Balaban J connectivity index is 1.77. The lowest BCUT2D eigenvalue weighted by atomic mass is 10.2. The van der Waals surface area contributed by atoms with Crippen molar-refractivity contribution in [3.8, 4) is 5.75 Å². The van der Waals surface area contributed by atoms with Crippen LogP contribution in [0.15, 0.2) is 40.2 Å². The number of benzene rings is 1. The lowest BCUT2D eigenvalue weighted by Gasteiger charge is -2.09. The summed E-state index contributed by atoms with van der Waals surface area (Å²) in [6, 6.07) is 2.37. The summed E-state index contributed by atoms with van der Waals surface area (Å²) in [5, 5.41) is 0. The molecule has 0 saturated carbocycles. The molecule has 0 atom stereocenters. The SMILES string of the molecule is NC(=O)COc1c(F)cc(SCCNSC2=CCCC=C2)cc1F. The average Bonchev–Trinajstić information content (AvgIpc) is 2.54. The Kier molecular flexibility index (Phi) is 7.61. The number of hydrogen-bond acceptors (Lipinski definition) is 5. The predicted octanol–water partition coefficient (Wildman–Crippen LogP) is 3.39. The number of rotatable bonds is 9. The van der Waals surface area contributed by atoms with Crippen LogP contribution in [0.3, 0.4) is 0 Å². The van der Waals surface area contributed by atoms with Crippen LogP contribution < -0.4 is 15.2 Å². The Morgan fingerprint density at radius 3 is 2.67 bits per heavy atom. The van der Waals surface area contributed by atoms with Crippen molar-refractivity contribution in [1.82, 2.24) is 4.72 Å². The smallest absolute Gasteiger partial charge is 0.255 e. The van der Waals surface area contributed by atoms with Crippen LogP contribution >= 0.6 is 23.7 Å². The number of ether oxygens (including phenoxy) is 1. The van der Waals surface area contributed by atoms with Crippen molar-refractivity contribution in [2.24, 2.45) is 5.73 Å². The number of thioether (sulfide) groups is 1. The molecule has 1 aliphatic rings. The molecule has 24 heavy (non-hydrogen) atoms. The highest BCUT2D eigenvalue weighted by molar-refractivity contribution is 8.01. The van der Waals surface area contributed by atoms with Crippen molar-refractivity contribution in [2.45, 2.75) is 17.7 Å². The lowest BCUT2D eigenvalue weighted by molar-refractivity contribution is -0.120. The number of carbonyl (C=O) groups is 1. The molecule has 0 heterocycles. The van der Waals surface area contributed by atoms with Crippen LogP contribution in [0.1, 0.15) is 12.8 Å². The molecular formula is C16H18F2N2O2S2. The standard InChI is InChI=1S/C16H18F2N2O2S2/c17-13-8-12(9-14(18)16(13)22-10-15(19)21)23-7-6-20-24-11-4-2-1-3-5-11/h2,4-5,8-9,20H,1,3,6-7,10H2,(H2,19,21). The first-order valence-electron chi connectivity index (χ1n) is 7.35. The normalized spacial score (nSPS) is 13.7. The summed E-state index contributed by atoms with van der Waals surface area (Å²) in [5.41, 5.74) is 4.89. The zero-order valence-electron chi connectivity index (χ0n) is 12.9. The molecular weight excluding hydrogens is 354 g/mol. The van der Waals surface area contributed by atoms with Gasteiger partial charge in [0.1, 0.15) is 0 Å². The highest BCUT2D eigenvalue weighted by Crippen LogP contribution is 2.28. The fourth-order valence-electron chi connectivity index (χ4n) is 1.91. The van der Waals surface area contributed by atoms with Gasteiger partial charge in [-0.2, -0.15) is 0 Å². The Hall–Kier alpha value is -1.51. The summed E-state index contributed by atoms with van der Waals surface area (Å²) in [4.78, 5) is 12.2. The molecule has 3 N–H and O–H groups in total. The van der Waals surface area contributed by atoms with Crippen LogP contribution in [0.5, 0.6) is 5.75 Å². The van der Waals surface area contributed by atoms with Crippen molar-refractivity contribution >= 4 is 29.6 Å². The molecule has 0 radical (unpaired) electrons. The summed E-state index contributed by atoms with van der Waals surface area (Å²) in [5.74, 6) is -2.41. The van der Waals surface area contributed by atoms with E-state index < -0.39 is 29.9 Å². The summed E-state index contributed by atoms with van der Waals surface area (Å²) < 4.78 is 35.6. The number of hydrogen-bond donors (Lipinski definition) is 2. The Labute approximate surface area is 148 Å². The van der Waals surface area contributed by atoms with E-state index in [1.54, 1.807) is 11.9 Å². The molecule has 130 valence electrons. The highest BCUT2D eigenvalue weighted by Gasteiger charge is 2.14. The van der Waals surface area contributed by atoms with Crippen LogP contribution in [0.2, 0.25) is 0 Å². The van der Waals surface area contributed by atoms with Crippen LogP contribution in [0, 0.1) is 11.6 Å². The third-order valence-electron chi connectivity index (χ3n) is 2.95. The minimum absolute atomic E-state index is 0.458. The first-order valence-corrected chi connectivity index (χ1v) is 9.16. The van der Waals surface area contributed by atoms with E-state index >= 15 is 0 Å². The van der Waals surface area contributed by atoms with Gasteiger partial charge < -0.3 is 10.5 Å². The molecule has 0 saturated heterocycles. The summed E-state index contributed by atoms with van der Waals surface area (Å²) >= 11 is 2.88. The van der Waals surface area contributed by atoms with E-state index in [0.29, 0.717) is 17.2 Å². The first kappa shape index (κ1) is 18.8. The maximum atomic E-state index is 13.8.